The summed E-state index contributed by atoms with van der Waals surface area (Å²) in [6.45, 7) is 15.3. The van der Waals surface area contributed by atoms with E-state index in [0.717, 1.165) is 70.8 Å². The number of hydrogen-bond acceptors (Lipinski definition) is 21. The van der Waals surface area contributed by atoms with Gasteiger partial charge in [0, 0.05) is 139 Å². The van der Waals surface area contributed by atoms with Crippen molar-refractivity contribution in [3.63, 3.8) is 0 Å². The molecule has 24 heteroatoms. The fourth-order valence-electron chi connectivity index (χ4n) is 7.49. The maximum Gasteiger partial charge on any atom is 0.422 e. The van der Waals surface area contributed by atoms with E-state index in [0.29, 0.717) is 55.8 Å². The van der Waals surface area contributed by atoms with Gasteiger partial charge in [0.25, 0.3) is 0 Å². The number of aliphatic hydroxyl groups excluding tert-OH is 1. The Hall–Kier alpha value is -8.81. The lowest BCUT2D eigenvalue weighted by atomic mass is 10.1. The number of halogens is 3. The van der Waals surface area contributed by atoms with Gasteiger partial charge in [0.15, 0.2) is 6.61 Å². The molecule has 0 aromatic carbocycles. The molecule has 0 radical (unpaired) electrons. The molecule has 1 N–H and O–H groups in total. The van der Waals surface area contributed by atoms with Crippen LogP contribution in [0.4, 0.5) is 24.8 Å². The lowest BCUT2D eigenvalue weighted by Gasteiger charge is -2.27. The predicted octanol–water partition coefficient (Wildman–Crippen LogP) is 10.3. The van der Waals surface area contributed by atoms with Gasteiger partial charge in [-0.2, -0.15) is 13.2 Å². The molecule has 0 saturated carbocycles. The van der Waals surface area contributed by atoms with Crippen LogP contribution in [0.1, 0.15) is 33.1 Å². The van der Waals surface area contributed by atoms with Crippen molar-refractivity contribution in [1.29, 1.82) is 0 Å². The molecule has 0 aliphatic carbocycles. The second-order valence-corrected chi connectivity index (χ2v) is 19.0. The van der Waals surface area contributed by atoms with Crippen molar-refractivity contribution in [1.82, 2.24) is 44.8 Å². The van der Waals surface area contributed by atoms with Crippen LogP contribution in [0.3, 0.4) is 0 Å². The molecule has 8 aromatic rings. The van der Waals surface area contributed by atoms with E-state index in [2.05, 4.69) is 71.4 Å². The number of ether oxygens (including phenoxy) is 9. The first kappa shape index (κ1) is 73.7. The quantitative estimate of drug-likeness (QED) is 0.0790. The molecular formula is C66H86F3N11O10. The van der Waals surface area contributed by atoms with Crippen molar-refractivity contribution < 1.29 is 60.9 Å². The SMILES string of the molecule is CC(C)Oc1ccccn1.COCCOc1ccccn1.COc1ccccn1.FC(F)(F)COc1ccccn1.OCCOc1ccccn1.c1ccc(N2CCCCC2)nc1.c1ccc(N2CCOCC2)nc1.c1ccc(OCCN2CCOCC2)nc1. The third kappa shape index (κ3) is 37.1. The second-order valence-electron chi connectivity index (χ2n) is 19.0. The van der Waals surface area contributed by atoms with E-state index in [4.69, 9.17) is 43.0 Å². The van der Waals surface area contributed by atoms with Crippen molar-refractivity contribution >= 4 is 11.6 Å². The van der Waals surface area contributed by atoms with E-state index >= 15 is 0 Å². The first-order valence-corrected chi connectivity index (χ1v) is 29.6. The van der Waals surface area contributed by atoms with Gasteiger partial charge in [-0.3, -0.25) is 4.90 Å². The summed E-state index contributed by atoms with van der Waals surface area (Å²) >= 11 is 0. The third-order valence-corrected chi connectivity index (χ3v) is 11.7. The Balaban J connectivity index is 0.000000221. The number of hydrogen-bond donors (Lipinski definition) is 1. The zero-order valence-electron chi connectivity index (χ0n) is 51.9. The normalized spacial score (nSPS) is 13.3. The monoisotopic (exact) mass is 1250 g/mol. The summed E-state index contributed by atoms with van der Waals surface area (Å²) < 4.78 is 80.3. The van der Waals surface area contributed by atoms with Gasteiger partial charge in [-0.25, -0.2) is 39.9 Å². The number of aromatic nitrogens is 8. The van der Waals surface area contributed by atoms with Crippen LogP contribution in [0.5, 0.6) is 35.3 Å². The Kier molecular flexibility index (Phi) is 39.4. The number of alkyl halides is 3. The number of anilines is 2. The number of methoxy groups -OCH3 is 2. The Morgan fingerprint density at radius 1 is 0.433 bits per heavy atom. The van der Waals surface area contributed by atoms with Crippen LogP contribution in [0.25, 0.3) is 0 Å². The molecule has 486 valence electrons. The largest absolute Gasteiger partial charge is 0.481 e. The van der Waals surface area contributed by atoms with E-state index in [1.165, 1.54) is 44.6 Å². The molecule has 11 heterocycles. The molecule has 0 unspecified atom stereocenters. The molecule has 11 rings (SSSR count). The van der Waals surface area contributed by atoms with E-state index in [1.54, 1.807) is 69.5 Å². The van der Waals surface area contributed by atoms with Crippen molar-refractivity contribution in [2.75, 3.05) is 136 Å². The highest BCUT2D eigenvalue weighted by Gasteiger charge is 2.28. The summed E-state index contributed by atoms with van der Waals surface area (Å²) in [4.78, 5) is 38.9. The van der Waals surface area contributed by atoms with Crippen molar-refractivity contribution in [3.05, 3.63) is 195 Å². The third-order valence-electron chi connectivity index (χ3n) is 11.7. The van der Waals surface area contributed by atoms with Gasteiger partial charge >= 0.3 is 6.18 Å². The fraction of sp³-hybridized carbons (Fsp3) is 0.394. The minimum Gasteiger partial charge on any atom is -0.481 e. The number of aliphatic hydroxyl groups is 1. The number of morpholine rings is 2. The minimum absolute atomic E-state index is 0.0187. The second kappa shape index (κ2) is 48.2. The van der Waals surface area contributed by atoms with Gasteiger partial charge in [0.2, 0.25) is 35.3 Å². The van der Waals surface area contributed by atoms with E-state index in [1.807, 2.05) is 129 Å². The van der Waals surface area contributed by atoms with Gasteiger partial charge in [-0.15, -0.1) is 0 Å². The highest BCUT2D eigenvalue weighted by Crippen LogP contribution is 2.18. The lowest BCUT2D eigenvalue weighted by Crippen LogP contribution is -2.38. The number of piperidine rings is 1. The van der Waals surface area contributed by atoms with Gasteiger partial charge < -0.3 is 57.5 Å². The highest BCUT2D eigenvalue weighted by molar-refractivity contribution is 5.38. The maximum atomic E-state index is 11.6. The molecule has 0 bridgehead atoms. The van der Waals surface area contributed by atoms with Crippen LogP contribution in [-0.4, -0.2) is 188 Å². The van der Waals surface area contributed by atoms with E-state index < -0.39 is 12.8 Å². The smallest absolute Gasteiger partial charge is 0.422 e. The molecule has 3 saturated heterocycles. The van der Waals surface area contributed by atoms with Crippen molar-refractivity contribution in [3.8, 4) is 35.3 Å². The molecule has 8 aromatic heterocycles. The van der Waals surface area contributed by atoms with E-state index in [-0.39, 0.29) is 18.6 Å². The molecule has 90 heavy (non-hydrogen) atoms. The zero-order valence-corrected chi connectivity index (χ0v) is 51.9. The van der Waals surface area contributed by atoms with Gasteiger partial charge in [0.05, 0.1) is 52.9 Å². The average molecular weight is 1250 g/mol. The average Bonchev–Trinajstić information content (AvgIpc) is 3.80. The summed E-state index contributed by atoms with van der Waals surface area (Å²) in [5.74, 6) is 5.42. The fourth-order valence-corrected chi connectivity index (χ4v) is 7.49. The van der Waals surface area contributed by atoms with Crippen LogP contribution >= 0.6 is 0 Å². The Morgan fingerprint density at radius 3 is 1.18 bits per heavy atom. The summed E-state index contributed by atoms with van der Waals surface area (Å²) in [6, 6.07) is 44.4. The highest BCUT2D eigenvalue weighted by atomic mass is 19.4. The van der Waals surface area contributed by atoms with Crippen LogP contribution in [0.15, 0.2) is 195 Å². The molecule has 0 spiro atoms. The maximum absolute atomic E-state index is 11.6. The summed E-state index contributed by atoms with van der Waals surface area (Å²) in [5.41, 5.74) is 0. The molecule has 3 aliphatic rings. The Labute approximate surface area is 527 Å². The molecule has 3 fully saturated rings. The van der Waals surface area contributed by atoms with Crippen LogP contribution < -0.4 is 38.2 Å². The molecule has 0 atom stereocenters. The first-order chi connectivity index (χ1) is 44.0. The summed E-state index contributed by atoms with van der Waals surface area (Å²) in [5, 5.41) is 8.37. The topological polar surface area (TPSA) is 216 Å². The van der Waals surface area contributed by atoms with Crippen LogP contribution in [-0.2, 0) is 14.2 Å². The molecular weight excluding hydrogens is 1160 g/mol. The van der Waals surface area contributed by atoms with E-state index in [9.17, 15) is 13.2 Å². The van der Waals surface area contributed by atoms with Crippen LogP contribution in [0, 0.1) is 0 Å². The van der Waals surface area contributed by atoms with Gasteiger partial charge in [-0.1, -0.05) is 48.5 Å². The molecule has 21 nitrogen and oxygen atoms in total. The lowest BCUT2D eigenvalue weighted by molar-refractivity contribution is -0.154. The number of nitrogens with zero attached hydrogens (tertiary/aromatic N) is 11. The van der Waals surface area contributed by atoms with Crippen molar-refractivity contribution in [2.24, 2.45) is 0 Å². The molecule has 3 aliphatic heterocycles. The first-order valence-electron chi connectivity index (χ1n) is 29.6. The molecule has 0 amide bonds. The number of pyridine rings is 8. The van der Waals surface area contributed by atoms with Crippen molar-refractivity contribution in [2.45, 2.75) is 45.4 Å². The Bertz CT molecular complexity index is 2800. The summed E-state index contributed by atoms with van der Waals surface area (Å²) in [6.07, 6.45) is 13.5. The van der Waals surface area contributed by atoms with Gasteiger partial charge in [0.1, 0.15) is 31.5 Å². The summed E-state index contributed by atoms with van der Waals surface area (Å²) in [7, 11) is 3.24. The van der Waals surface area contributed by atoms with Gasteiger partial charge in [-0.05, 0) is 93.8 Å². The Morgan fingerprint density at radius 2 is 0.811 bits per heavy atom. The zero-order chi connectivity index (χ0) is 64.2. The number of rotatable bonds is 18. The standard InChI is InChI=1S/C11H16N2O2.C10H14N2.C9H12N2O.C8H11NO2.C8H11NO.C7H6F3NO.C7H9NO2.C6H7NO/c1-2-4-12-11(3-1)15-10-7-13-5-8-14-9-6-13;1-4-8-12(9-5-1)10-6-2-3-7-11-10;1-2-4-10-9(3-1)11-5-7-12-8-6-11;1-10-6-7-11-8-4-2-3-5-9-8;1-7(2)10-8-5-3-4-6-9-8;8-7(9,10)5-12-6-3-1-2-4-11-6;9-5-6-10-7-3-1-2-4-8-7;1-8-6-4-2-3-5-7-6/h1-4H,5-10H2;2-3,6-7H,1,4-5,8-9H2;1-4H,5-8H2;2-5H,6-7H2,1H3;3-7H,1-2H3;1-4H,5H2;1-4,9H,5-6H2;2-5H,1H3. The minimum atomic E-state index is -4.31. The predicted molar refractivity (Wildman–Crippen MR) is 340 cm³/mol. The van der Waals surface area contributed by atoms with Crippen LogP contribution in [0.2, 0.25) is 0 Å².